The fourth-order valence-corrected chi connectivity index (χ4v) is 7.35. The summed E-state index contributed by atoms with van der Waals surface area (Å²) in [5, 5.41) is 11.8. The van der Waals surface area contributed by atoms with E-state index < -0.39 is 65.8 Å². The monoisotopic (exact) mass is 783 g/mol. The summed E-state index contributed by atoms with van der Waals surface area (Å²) in [6.45, 7) is 16.1. The van der Waals surface area contributed by atoms with Gasteiger partial charge in [-0.15, -0.1) is 0 Å². The lowest BCUT2D eigenvalue weighted by Gasteiger charge is -2.23. The Bertz CT molecular complexity index is 3330. The molecule has 8 aromatic rings. The lowest BCUT2D eigenvalue weighted by Crippen LogP contribution is -2.12. The number of pyridine rings is 1. The molecule has 8 rings (SSSR count). The first-order chi connectivity index (χ1) is 32.1. The number of nitrogens with zero attached hydrogens (tertiary/aromatic N) is 3. The molecule has 296 valence electrons. The highest BCUT2D eigenvalue weighted by Gasteiger charge is 2.26. The molecular formula is C55H55N3O. The van der Waals surface area contributed by atoms with Gasteiger partial charge >= 0.3 is 0 Å². The van der Waals surface area contributed by atoms with Crippen molar-refractivity contribution >= 4 is 11.0 Å². The number of phenolic OH excluding ortho intramolecular Hbond substituents is 1. The normalized spacial score (nSPS) is 14.9. The summed E-state index contributed by atoms with van der Waals surface area (Å²) in [7, 11) is 0. The van der Waals surface area contributed by atoms with Crippen LogP contribution in [0, 0.1) is 6.85 Å². The zero-order valence-corrected chi connectivity index (χ0v) is 35.1. The van der Waals surface area contributed by atoms with Crippen molar-refractivity contribution in [2.75, 3.05) is 0 Å². The van der Waals surface area contributed by atoms with Crippen LogP contribution in [0.15, 0.2) is 146 Å². The first kappa shape index (κ1) is 29.0. The molecule has 2 heterocycles. The summed E-state index contributed by atoms with van der Waals surface area (Å²) in [6, 6.07) is 29.9. The fraction of sp³-hybridized carbons (Fsp3) is 0.236. The summed E-state index contributed by atoms with van der Waals surface area (Å²) in [5.41, 5.74) is 7.02. The van der Waals surface area contributed by atoms with Gasteiger partial charge in [-0.1, -0.05) is 153 Å². The second kappa shape index (κ2) is 14.8. The van der Waals surface area contributed by atoms with E-state index >= 15 is 0 Å². The highest BCUT2D eigenvalue weighted by molar-refractivity contribution is 5.97. The maximum Gasteiger partial charge on any atom is 0.149 e. The standard InChI is InChI=1S/C55H55N3O/c1-35-19-21-36(22-20-35)38-27-28-56-47(32-38)40-29-39(30-43(31-40)55(8,9)10)44-17-14-18-49-51(44)57-52(46-34-42(54(5,6)7)24-26-50(46)59)58(49)48-25-23-41(53(2,3)4)33-45(48)37-15-12-11-13-16-37/h11-34,59H,1-10H3/i1D3,19D,20D,21D,22D,27D,28D,32D. The third kappa shape index (κ3) is 7.84. The van der Waals surface area contributed by atoms with Crippen molar-refractivity contribution in [3.63, 3.8) is 0 Å². The smallest absolute Gasteiger partial charge is 0.149 e. The van der Waals surface area contributed by atoms with Crippen molar-refractivity contribution < 1.29 is 18.8 Å². The minimum Gasteiger partial charge on any atom is -0.507 e. The zero-order valence-electron chi connectivity index (χ0n) is 45.1. The predicted octanol–water partition coefficient (Wildman–Crippen LogP) is 14.7. The summed E-state index contributed by atoms with van der Waals surface area (Å²) in [5.74, 6) is 0.581. The lowest BCUT2D eigenvalue weighted by atomic mass is 9.83. The van der Waals surface area contributed by atoms with Crippen molar-refractivity contribution in [3.8, 4) is 67.5 Å². The molecule has 4 nitrogen and oxygen atoms in total. The first-order valence-corrected chi connectivity index (χ1v) is 19.9. The molecule has 0 amide bonds. The van der Waals surface area contributed by atoms with Gasteiger partial charge in [0.1, 0.15) is 11.6 Å². The second-order valence-corrected chi connectivity index (χ2v) is 18.3. The van der Waals surface area contributed by atoms with E-state index in [0.29, 0.717) is 33.6 Å². The van der Waals surface area contributed by atoms with Crippen LogP contribution in [0.4, 0.5) is 0 Å². The topological polar surface area (TPSA) is 50.9 Å². The largest absolute Gasteiger partial charge is 0.507 e. The van der Waals surface area contributed by atoms with Gasteiger partial charge in [-0.25, -0.2) is 4.98 Å². The summed E-state index contributed by atoms with van der Waals surface area (Å²) < 4.78 is 88.0. The molecule has 0 atom stereocenters. The Hall–Kier alpha value is -6.26. The van der Waals surface area contributed by atoms with Gasteiger partial charge in [0.05, 0.1) is 37.6 Å². The lowest BCUT2D eigenvalue weighted by molar-refractivity contribution is 0.475. The molecule has 0 bridgehead atoms. The van der Waals surface area contributed by atoms with Gasteiger partial charge in [0.15, 0.2) is 0 Å². The molecule has 2 aromatic heterocycles. The fourth-order valence-electron chi connectivity index (χ4n) is 7.35. The number of aromatic nitrogens is 3. The van der Waals surface area contributed by atoms with Crippen LogP contribution in [0.25, 0.3) is 72.7 Å². The highest BCUT2D eigenvalue weighted by atomic mass is 16.3. The van der Waals surface area contributed by atoms with Crippen molar-refractivity contribution in [3.05, 3.63) is 168 Å². The van der Waals surface area contributed by atoms with Crippen LogP contribution in [-0.2, 0) is 16.2 Å². The third-order valence-corrected chi connectivity index (χ3v) is 10.8. The molecule has 0 fully saturated rings. The third-order valence-electron chi connectivity index (χ3n) is 10.8. The maximum absolute atomic E-state index is 11.8. The molecule has 6 aromatic carbocycles. The molecule has 1 N–H and O–H groups in total. The SMILES string of the molecule is [2H]c1nc(-c2cc(-c3cccc4c3nc(-c3cc(C(C)(C)C)ccc3O)n4-c3ccc(C(C)(C)C)cc3-c3ccccc3)cc(C(C)(C)C)c2)c([2H])c(-c2c([2H])c([2H])c(C([2H])([2H])[2H])c([2H])c2[2H])c1[2H]. The minimum absolute atomic E-state index is 0.0381. The number of imidazole rings is 1. The zero-order chi connectivity index (χ0) is 50.4. The quantitative estimate of drug-likeness (QED) is 0.183. The molecule has 0 aliphatic rings. The number of benzene rings is 6. The van der Waals surface area contributed by atoms with E-state index in [1.165, 1.54) is 0 Å². The molecule has 0 unspecified atom stereocenters. The van der Waals surface area contributed by atoms with Crippen LogP contribution in [-0.4, -0.2) is 19.6 Å². The Morgan fingerprint density at radius 2 is 1.22 bits per heavy atom. The van der Waals surface area contributed by atoms with Crippen molar-refractivity contribution in [1.29, 1.82) is 0 Å². The van der Waals surface area contributed by atoms with E-state index in [0.717, 1.165) is 39.0 Å². The van der Waals surface area contributed by atoms with Gasteiger partial charge in [-0.3, -0.25) is 9.55 Å². The number of hydrogen-bond acceptors (Lipinski definition) is 3. The molecular weight excluding hydrogens is 719 g/mol. The van der Waals surface area contributed by atoms with E-state index in [-0.39, 0.29) is 27.8 Å². The predicted molar refractivity (Wildman–Crippen MR) is 249 cm³/mol. The molecule has 0 saturated carbocycles. The Labute approximate surface area is 364 Å². The van der Waals surface area contributed by atoms with Gasteiger partial charge in [0.2, 0.25) is 0 Å². The average molecular weight is 784 g/mol. The van der Waals surface area contributed by atoms with Crippen LogP contribution < -0.4 is 0 Å². The number of para-hydroxylation sites is 1. The first-order valence-electron chi connectivity index (χ1n) is 24.9. The van der Waals surface area contributed by atoms with Gasteiger partial charge < -0.3 is 5.11 Å². The number of phenols is 1. The van der Waals surface area contributed by atoms with E-state index in [4.69, 9.17) is 17.3 Å². The van der Waals surface area contributed by atoms with Crippen LogP contribution in [0.1, 0.15) is 98.3 Å². The maximum atomic E-state index is 11.8. The van der Waals surface area contributed by atoms with Crippen LogP contribution in [0.2, 0.25) is 0 Å². The highest BCUT2D eigenvalue weighted by Crippen LogP contribution is 2.43. The number of hydrogen-bond donors (Lipinski definition) is 1. The van der Waals surface area contributed by atoms with Gasteiger partial charge in [0, 0.05) is 27.0 Å². The van der Waals surface area contributed by atoms with Crippen molar-refractivity contribution in [1.82, 2.24) is 14.5 Å². The van der Waals surface area contributed by atoms with Gasteiger partial charge in [0.25, 0.3) is 0 Å². The van der Waals surface area contributed by atoms with Crippen LogP contribution >= 0.6 is 0 Å². The second-order valence-electron chi connectivity index (χ2n) is 18.3. The Balaban J connectivity index is 1.45. The summed E-state index contributed by atoms with van der Waals surface area (Å²) >= 11 is 0. The number of fused-ring (bicyclic) bond motifs is 1. The molecule has 0 aliphatic carbocycles. The van der Waals surface area contributed by atoms with Gasteiger partial charge in [-0.05, 0) is 117 Å². The van der Waals surface area contributed by atoms with Crippen molar-refractivity contribution in [2.24, 2.45) is 0 Å². The molecule has 0 saturated heterocycles. The number of rotatable bonds is 6. The van der Waals surface area contributed by atoms with Gasteiger partial charge in [-0.2, -0.15) is 0 Å². The Kier molecular flexibility index (Phi) is 7.30. The van der Waals surface area contributed by atoms with E-state index in [9.17, 15) is 6.48 Å². The van der Waals surface area contributed by atoms with Crippen molar-refractivity contribution in [2.45, 2.75) is 85.4 Å². The molecule has 59 heavy (non-hydrogen) atoms. The summed E-state index contributed by atoms with van der Waals surface area (Å²) in [6.07, 6.45) is -0.565. The summed E-state index contributed by atoms with van der Waals surface area (Å²) in [4.78, 5) is 9.90. The number of aromatic hydroxyl groups is 1. The van der Waals surface area contributed by atoms with E-state index in [1.54, 1.807) is 6.07 Å². The Morgan fingerprint density at radius 3 is 1.90 bits per heavy atom. The molecule has 0 spiro atoms. The molecule has 4 heteroatoms. The Morgan fingerprint density at radius 1 is 0.559 bits per heavy atom. The molecule has 0 radical (unpaired) electrons. The van der Waals surface area contributed by atoms with Crippen LogP contribution in [0.3, 0.4) is 0 Å². The van der Waals surface area contributed by atoms with Crippen LogP contribution in [0.5, 0.6) is 5.75 Å². The minimum atomic E-state index is -2.96. The average Bonchev–Trinajstić information content (AvgIpc) is 3.66. The van der Waals surface area contributed by atoms with E-state index in [1.807, 2.05) is 87.5 Å². The molecule has 0 aliphatic heterocycles. The van der Waals surface area contributed by atoms with E-state index in [2.05, 4.69) is 81.4 Å².